The van der Waals surface area contributed by atoms with Crippen LogP contribution in [-0.4, -0.2) is 4.98 Å². The van der Waals surface area contributed by atoms with Crippen LogP contribution in [0.3, 0.4) is 0 Å². The highest BCUT2D eigenvalue weighted by molar-refractivity contribution is 6.31. The standard InChI is InChI=1S/C12H17ClN2.ClH/c13-11-8-15-7-6-10(11)12(14)9-4-2-1-3-5-9;/h6-9,12H,1-5,14H2;1H/t12-;/m1./s1. The van der Waals surface area contributed by atoms with Crippen LogP contribution in [0.5, 0.6) is 0 Å². The van der Waals surface area contributed by atoms with Crippen LogP contribution in [0.15, 0.2) is 18.5 Å². The van der Waals surface area contributed by atoms with E-state index in [1.807, 2.05) is 6.07 Å². The molecule has 1 aliphatic rings. The summed E-state index contributed by atoms with van der Waals surface area (Å²) in [6, 6.07) is 2.03. The molecular formula is C12H18Cl2N2. The molecule has 2 rings (SSSR count). The van der Waals surface area contributed by atoms with Crippen molar-refractivity contribution in [3.8, 4) is 0 Å². The Kier molecular flexibility index (Phi) is 5.53. The van der Waals surface area contributed by atoms with Crippen LogP contribution in [0.1, 0.15) is 43.7 Å². The fourth-order valence-electron chi connectivity index (χ4n) is 2.40. The number of rotatable bonds is 2. The summed E-state index contributed by atoms with van der Waals surface area (Å²) in [6.07, 6.45) is 9.89. The van der Waals surface area contributed by atoms with Crippen LogP contribution in [-0.2, 0) is 0 Å². The number of aromatic nitrogens is 1. The quantitative estimate of drug-likeness (QED) is 0.880. The number of nitrogens with zero attached hydrogens (tertiary/aromatic N) is 1. The van der Waals surface area contributed by atoms with E-state index in [-0.39, 0.29) is 18.4 Å². The minimum absolute atomic E-state index is 0. The average molecular weight is 261 g/mol. The molecule has 1 aliphatic carbocycles. The third-order valence-electron chi connectivity index (χ3n) is 3.32. The summed E-state index contributed by atoms with van der Waals surface area (Å²) in [5.74, 6) is 0.596. The zero-order chi connectivity index (χ0) is 10.7. The van der Waals surface area contributed by atoms with Crippen LogP contribution in [0.25, 0.3) is 0 Å². The summed E-state index contributed by atoms with van der Waals surface area (Å²) >= 11 is 6.10. The van der Waals surface area contributed by atoms with Gasteiger partial charge in [-0.1, -0.05) is 30.9 Å². The van der Waals surface area contributed by atoms with E-state index in [4.69, 9.17) is 17.3 Å². The molecular weight excluding hydrogens is 243 g/mol. The first-order chi connectivity index (χ1) is 7.29. The SMILES string of the molecule is Cl.N[C@@H](c1ccncc1Cl)C1CCCCC1. The Balaban J connectivity index is 0.00000128. The Hall–Kier alpha value is -0.310. The normalized spacial score (nSPS) is 18.9. The van der Waals surface area contributed by atoms with Gasteiger partial charge in [-0.2, -0.15) is 0 Å². The van der Waals surface area contributed by atoms with Crippen molar-refractivity contribution < 1.29 is 0 Å². The van der Waals surface area contributed by atoms with Gasteiger partial charge < -0.3 is 5.73 Å². The molecule has 1 aromatic heterocycles. The van der Waals surface area contributed by atoms with E-state index in [2.05, 4.69) is 4.98 Å². The number of pyridine rings is 1. The van der Waals surface area contributed by atoms with Gasteiger partial charge in [0.15, 0.2) is 0 Å². The topological polar surface area (TPSA) is 38.9 Å². The van der Waals surface area contributed by atoms with Gasteiger partial charge in [0.1, 0.15) is 0 Å². The minimum Gasteiger partial charge on any atom is -0.324 e. The van der Waals surface area contributed by atoms with Crippen LogP contribution in [0.2, 0.25) is 5.02 Å². The molecule has 1 atom stereocenters. The molecule has 90 valence electrons. The van der Waals surface area contributed by atoms with Gasteiger partial charge in [0.2, 0.25) is 0 Å². The van der Waals surface area contributed by atoms with Gasteiger partial charge in [-0.15, -0.1) is 12.4 Å². The lowest BCUT2D eigenvalue weighted by molar-refractivity contribution is 0.308. The van der Waals surface area contributed by atoms with Crippen molar-refractivity contribution in [1.29, 1.82) is 0 Å². The Morgan fingerprint density at radius 3 is 2.62 bits per heavy atom. The van der Waals surface area contributed by atoms with Crippen molar-refractivity contribution in [1.82, 2.24) is 4.98 Å². The van der Waals surface area contributed by atoms with Gasteiger partial charge in [0.05, 0.1) is 5.02 Å². The summed E-state index contributed by atoms with van der Waals surface area (Å²) in [7, 11) is 0. The maximum atomic E-state index is 6.26. The maximum Gasteiger partial charge on any atom is 0.0637 e. The Morgan fingerprint density at radius 2 is 2.00 bits per heavy atom. The van der Waals surface area contributed by atoms with E-state index in [1.165, 1.54) is 32.1 Å². The number of halogens is 2. The zero-order valence-corrected chi connectivity index (χ0v) is 10.8. The summed E-state index contributed by atoms with van der Waals surface area (Å²) in [5, 5.41) is 0.704. The van der Waals surface area contributed by atoms with Gasteiger partial charge in [-0.05, 0) is 30.4 Å². The van der Waals surface area contributed by atoms with E-state index < -0.39 is 0 Å². The molecule has 0 saturated heterocycles. The third-order valence-corrected chi connectivity index (χ3v) is 3.64. The highest BCUT2D eigenvalue weighted by Crippen LogP contribution is 2.34. The molecule has 0 amide bonds. The first kappa shape index (κ1) is 13.8. The van der Waals surface area contributed by atoms with Crippen LogP contribution >= 0.6 is 24.0 Å². The van der Waals surface area contributed by atoms with Crippen molar-refractivity contribution in [2.75, 3.05) is 0 Å². The van der Waals surface area contributed by atoms with Gasteiger partial charge >= 0.3 is 0 Å². The number of nitrogens with two attached hydrogens (primary N) is 1. The maximum absolute atomic E-state index is 6.26. The molecule has 16 heavy (non-hydrogen) atoms. The summed E-state index contributed by atoms with van der Waals surface area (Å²) in [4.78, 5) is 3.98. The van der Waals surface area contributed by atoms with Gasteiger partial charge in [0, 0.05) is 18.4 Å². The molecule has 0 aliphatic heterocycles. The molecule has 0 bridgehead atoms. The zero-order valence-electron chi connectivity index (χ0n) is 9.23. The molecule has 0 spiro atoms. The predicted octanol–water partition coefficient (Wildman–Crippen LogP) is 3.74. The van der Waals surface area contributed by atoms with Crippen LogP contribution < -0.4 is 5.73 Å². The number of hydrogen-bond acceptors (Lipinski definition) is 2. The van der Waals surface area contributed by atoms with Crippen LogP contribution in [0, 0.1) is 5.92 Å². The van der Waals surface area contributed by atoms with E-state index >= 15 is 0 Å². The Labute approximate surface area is 108 Å². The van der Waals surface area contributed by atoms with E-state index in [0.717, 1.165) is 5.56 Å². The largest absolute Gasteiger partial charge is 0.324 e. The third kappa shape index (κ3) is 3.09. The number of hydrogen-bond donors (Lipinski definition) is 1. The average Bonchev–Trinajstić information content (AvgIpc) is 2.30. The first-order valence-corrected chi connectivity index (χ1v) is 6.02. The Morgan fingerprint density at radius 1 is 1.31 bits per heavy atom. The lowest BCUT2D eigenvalue weighted by Crippen LogP contribution is -2.23. The molecule has 0 aromatic carbocycles. The van der Waals surface area contributed by atoms with Gasteiger partial charge in [0.25, 0.3) is 0 Å². The molecule has 4 heteroatoms. The predicted molar refractivity (Wildman–Crippen MR) is 70.0 cm³/mol. The molecule has 0 unspecified atom stereocenters. The fraction of sp³-hybridized carbons (Fsp3) is 0.583. The van der Waals surface area contributed by atoms with E-state index in [0.29, 0.717) is 10.9 Å². The Bertz CT molecular complexity index is 325. The second-order valence-electron chi connectivity index (χ2n) is 4.32. The molecule has 2 N–H and O–H groups in total. The highest BCUT2D eigenvalue weighted by atomic mass is 35.5. The van der Waals surface area contributed by atoms with Crippen molar-refractivity contribution in [2.45, 2.75) is 38.1 Å². The summed E-state index contributed by atoms with van der Waals surface area (Å²) in [6.45, 7) is 0. The lowest BCUT2D eigenvalue weighted by atomic mass is 9.82. The molecule has 2 nitrogen and oxygen atoms in total. The smallest absolute Gasteiger partial charge is 0.0637 e. The molecule has 0 radical (unpaired) electrons. The fourth-order valence-corrected chi connectivity index (χ4v) is 2.65. The lowest BCUT2D eigenvalue weighted by Gasteiger charge is -2.28. The summed E-state index contributed by atoms with van der Waals surface area (Å²) in [5.41, 5.74) is 7.31. The van der Waals surface area contributed by atoms with Crippen molar-refractivity contribution in [2.24, 2.45) is 11.7 Å². The second-order valence-corrected chi connectivity index (χ2v) is 4.73. The molecule has 1 aromatic rings. The molecule has 1 saturated carbocycles. The van der Waals surface area contributed by atoms with Crippen molar-refractivity contribution in [3.63, 3.8) is 0 Å². The first-order valence-electron chi connectivity index (χ1n) is 5.64. The van der Waals surface area contributed by atoms with E-state index in [9.17, 15) is 0 Å². The summed E-state index contributed by atoms with van der Waals surface area (Å²) < 4.78 is 0. The van der Waals surface area contributed by atoms with Crippen LogP contribution in [0.4, 0.5) is 0 Å². The second kappa shape index (κ2) is 6.43. The highest BCUT2D eigenvalue weighted by Gasteiger charge is 2.23. The monoisotopic (exact) mass is 260 g/mol. The minimum atomic E-state index is 0. The molecule has 1 fully saturated rings. The van der Waals surface area contributed by atoms with Gasteiger partial charge in [-0.3, -0.25) is 4.98 Å². The van der Waals surface area contributed by atoms with Crippen molar-refractivity contribution >= 4 is 24.0 Å². The van der Waals surface area contributed by atoms with E-state index in [1.54, 1.807) is 12.4 Å². The molecule has 1 heterocycles. The van der Waals surface area contributed by atoms with Crippen molar-refractivity contribution in [3.05, 3.63) is 29.0 Å². The van der Waals surface area contributed by atoms with Gasteiger partial charge in [-0.25, -0.2) is 0 Å².